The van der Waals surface area contributed by atoms with Crippen LogP contribution >= 0.6 is 0 Å². The summed E-state index contributed by atoms with van der Waals surface area (Å²) in [5.41, 5.74) is 3.76. The van der Waals surface area contributed by atoms with E-state index in [9.17, 15) is 4.79 Å². The molecule has 0 spiro atoms. The Hall–Kier alpha value is -2.83. The first-order valence-electron chi connectivity index (χ1n) is 7.28. The highest BCUT2D eigenvalue weighted by atomic mass is 16.6. The Balaban J connectivity index is 1.70. The molecule has 1 atom stereocenters. The van der Waals surface area contributed by atoms with E-state index in [1.807, 2.05) is 38.1 Å². The number of carbonyl (C=O) groups excluding carboxylic acids is 1. The third kappa shape index (κ3) is 2.90. The van der Waals surface area contributed by atoms with Gasteiger partial charge in [-0.2, -0.15) is 5.10 Å². The van der Waals surface area contributed by atoms with Crippen LogP contribution in [0.4, 0.5) is 5.69 Å². The number of nitrogens with one attached hydrogen (secondary N) is 2. The van der Waals surface area contributed by atoms with E-state index in [1.54, 1.807) is 7.11 Å². The monoisotopic (exact) mass is 314 g/mol. The first kappa shape index (κ1) is 15.1. The summed E-state index contributed by atoms with van der Waals surface area (Å²) in [5.74, 6) is 0.462. The smallest absolute Gasteiger partial charge is 0.268 e. The van der Waals surface area contributed by atoms with Crippen LogP contribution in [0.3, 0.4) is 0 Å². The summed E-state index contributed by atoms with van der Waals surface area (Å²) < 4.78 is 5.32. The fraction of sp³-hybridized carbons (Fsp3) is 0.312. The van der Waals surface area contributed by atoms with Crippen molar-refractivity contribution in [2.75, 3.05) is 12.4 Å². The zero-order valence-electron chi connectivity index (χ0n) is 13.2. The van der Waals surface area contributed by atoms with Crippen LogP contribution in [0.5, 0.6) is 5.75 Å². The number of nitrogens with zero attached hydrogens (tertiary/aromatic N) is 2. The maximum atomic E-state index is 12.4. The third-order valence-electron chi connectivity index (χ3n) is 3.76. The minimum atomic E-state index is -0.663. The molecule has 2 heterocycles. The van der Waals surface area contributed by atoms with E-state index >= 15 is 0 Å². The Morgan fingerprint density at radius 2 is 2.17 bits per heavy atom. The lowest BCUT2D eigenvalue weighted by molar-refractivity contribution is -0.125. The van der Waals surface area contributed by atoms with Crippen molar-refractivity contribution >= 4 is 17.3 Å². The van der Waals surface area contributed by atoms with Gasteiger partial charge in [-0.05, 0) is 26.0 Å². The summed E-state index contributed by atoms with van der Waals surface area (Å²) in [7, 11) is 1.60. The Labute approximate surface area is 133 Å². The number of para-hydroxylation sites is 1. The SMILES string of the molecule is COc1ccccc1C1=NOC(C(=O)Nc2c(C)n[nH]c2C)C1. The minimum Gasteiger partial charge on any atom is -0.496 e. The van der Waals surface area contributed by atoms with Gasteiger partial charge < -0.3 is 14.9 Å². The first-order chi connectivity index (χ1) is 11.1. The lowest BCUT2D eigenvalue weighted by Gasteiger charge is -2.10. The molecule has 7 heteroatoms. The maximum Gasteiger partial charge on any atom is 0.268 e. The lowest BCUT2D eigenvalue weighted by Crippen LogP contribution is -2.28. The standard InChI is InChI=1S/C16H18N4O3/c1-9-15(10(2)19-18-9)17-16(21)14-8-12(20-23-14)11-6-4-5-7-13(11)22-3/h4-7,14H,8H2,1-3H3,(H,17,21)(H,18,19). The molecule has 23 heavy (non-hydrogen) atoms. The quantitative estimate of drug-likeness (QED) is 0.905. The molecule has 1 aromatic carbocycles. The molecule has 0 saturated heterocycles. The molecule has 1 aromatic heterocycles. The average Bonchev–Trinajstić information content (AvgIpc) is 3.17. The predicted octanol–water partition coefficient (Wildman–Crippen LogP) is 2.17. The number of aryl methyl sites for hydroxylation is 2. The molecule has 1 unspecified atom stereocenters. The van der Waals surface area contributed by atoms with E-state index in [-0.39, 0.29) is 5.91 Å². The molecule has 0 bridgehead atoms. The van der Waals surface area contributed by atoms with Gasteiger partial charge >= 0.3 is 0 Å². The highest BCUT2D eigenvalue weighted by molar-refractivity contribution is 6.07. The van der Waals surface area contributed by atoms with Crippen LogP contribution < -0.4 is 10.1 Å². The second-order valence-corrected chi connectivity index (χ2v) is 5.33. The number of hydrogen-bond acceptors (Lipinski definition) is 5. The molecule has 0 fully saturated rings. The van der Waals surface area contributed by atoms with E-state index in [1.165, 1.54) is 0 Å². The second-order valence-electron chi connectivity index (χ2n) is 5.33. The van der Waals surface area contributed by atoms with Gasteiger partial charge in [0.1, 0.15) is 5.75 Å². The number of H-pyrrole nitrogens is 1. The fourth-order valence-corrected chi connectivity index (χ4v) is 2.50. The summed E-state index contributed by atoms with van der Waals surface area (Å²) >= 11 is 0. The van der Waals surface area contributed by atoms with Gasteiger partial charge in [0, 0.05) is 12.0 Å². The van der Waals surface area contributed by atoms with Crippen LogP contribution in [0.1, 0.15) is 23.4 Å². The van der Waals surface area contributed by atoms with E-state index in [0.29, 0.717) is 23.6 Å². The number of amides is 1. The van der Waals surface area contributed by atoms with Gasteiger partial charge in [-0.3, -0.25) is 9.89 Å². The van der Waals surface area contributed by atoms with Crippen molar-refractivity contribution in [1.82, 2.24) is 10.2 Å². The summed E-state index contributed by atoms with van der Waals surface area (Å²) in [4.78, 5) is 17.7. The van der Waals surface area contributed by atoms with Gasteiger partial charge in [-0.1, -0.05) is 17.3 Å². The Bertz CT molecular complexity index is 747. The number of rotatable bonds is 4. The molecule has 120 valence electrons. The zero-order valence-corrected chi connectivity index (χ0v) is 13.2. The summed E-state index contributed by atoms with van der Waals surface area (Å²) in [6.07, 6.45) is -0.272. The number of hydrogen-bond donors (Lipinski definition) is 2. The first-order valence-corrected chi connectivity index (χ1v) is 7.28. The fourth-order valence-electron chi connectivity index (χ4n) is 2.50. The predicted molar refractivity (Wildman–Crippen MR) is 85.7 cm³/mol. The topological polar surface area (TPSA) is 88.6 Å². The van der Waals surface area contributed by atoms with Crippen molar-refractivity contribution in [3.05, 3.63) is 41.2 Å². The summed E-state index contributed by atoms with van der Waals surface area (Å²) in [6.45, 7) is 3.67. The normalized spacial score (nSPS) is 16.7. The van der Waals surface area contributed by atoms with Gasteiger partial charge in [0.15, 0.2) is 0 Å². The molecule has 3 rings (SSSR count). The number of carbonyl (C=O) groups is 1. The number of ether oxygens (including phenoxy) is 1. The van der Waals surface area contributed by atoms with Gasteiger partial charge in [-0.15, -0.1) is 0 Å². The third-order valence-corrected chi connectivity index (χ3v) is 3.76. The summed E-state index contributed by atoms with van der Waals surface area (Å²) in [5, 5.41) is 13.8. The molecule has 1 aliphatic heterocycles. The van der Waals surface area contributed by atoms with Gasteiger partial charge in [-0.25, -0.2) is 0 Å². The number of anilines is 1. The van der Waals surface area contributed by atoms with Gasteiger partial charge in [0.05, 0.1) is 29.9 Å². The van der Waals surface area contributed by atoms with E-state index in [4.69, 9.17) is 9.57 Å². The van der Waals surface area contributed by atoms with E-state index in [0.717, 1.165) is 17.0 Å². The minimum absolute atomic E-state index is 0.244. The molecule has 0 radical (unpaired) electrons. The highest BCUT2D eigenvalue weighted by Gasteiger charge is 2.30. The molecular formula is C16H18N4O3. The number of oxime groups is 1. The molecule has 1 amide bonds. The molecule has 0 saturated carbocycles. The number of benzene rings is 1. The van der Waals surface area contributed by atoms with Crippen molar-refractivity contribution in [3.8, 4) is 5.75 Å². The second kappa shape index (κ2) is 6.12. The van der Waals surface area contributed by atoms with Crippen molar-refractivity contribution in [3.63, 3.8) is 0 Å². The van der Waals surface area contributed by atoms with Crippen LogP contribution in [-0.2, 0) is 9.63 Å². The van der Waals surface area contributed by atoms with Gasteiger partial charge in [0.2, 0.25) is 6.10 Å². The Morgan fingerprint density at radius 1 is 1.39 bits per heavy atom. The lowest BCUT2D eigenvalue weighted by atomic mass is 10.0. The number of aromatic nitrogens is 2. The largest absolute Gasteiger partial charge is 0.496 e. The Kier molecular flexibility index (Phi) is 4.01. The molecular weight excluding hydrogens is 296 g/mol. The summed E-state index contributed by atoms with van der Waals surface area (Å²) in [6, 6.07) is 7.52. The van der Waals surface area contributed by atoms with Crippen molar-refractivity contribution < 1.29 is 14.4 Å². The molecule has 2 N–H and O–H groups in total. The van der Waals surface area contributed by atoms with Crippen LogP contribution in [0, 0.1) is 13.8 Å². The van der Waals surface area contributed by atoms with Gasteiger partial charge in [0.25, 0.3) is 5.91 Å². The van der Waals surface area contributed by atoms with Crippen LogP contribution in [0.25, 0.3) is 0 Å². The maximum absolute atomic E-state index is 12.4. The van der Waals surface area contributed by atoms with Crippen molar-refractivity contribution in [1.29, 1.82) is 0 Å². The number of aromatic amines is 1. The number of methoxy groups -OCH3 is 1. The average molecular weight is 314 g/mol. The molecule has 2 aromatic rings. The zero-order chi connectivity index (χ0) is 16.4. The van der Waals surface area contributed by atoms with Crippen LogP contribution in [0.15, 0.2) is 29.4 Å². The molecule has 7 nitrogen and oxygen atoms in total. The van der Waals surface area contributed by atoms with E-state index < -0.39 is 6.10 Å². The van der Waals surface area contributed by atoms with Crippen LogP contribution in [-0.4, -0.2) is 35.0 Å². The Morgan fingerprint density at radius 3 is 2.87 bits per heavy atom. The highest BCUT2D eigenvalue weighted by Crippen LogP contribution is 2.25. The van der Waals surface area contributed by atoms with Crippen molar-refractivity contribution in [2.45, 2.75) is 26.4 Å². The van der Waals surface area contributed by atoms with Crippen LogP contribution in [0.2, 0.25) is 0 Å². The molecule has 1 aliphatic rings. The van der Waals surface area contributed by atoms with E-state index in [2.05, 4.69) is 20.7 Å². The molecule has 0 aliphatic carbocycles. The van der Waals surface area contributed by atoms with Crippen molar-refractivity contribution in [2.24, 2.45) is 5.16 Å².